The van der Waals surface area contributed by atoms with Crippen LogP contribution in [0, 0.1) is 13.8 Å². The molecule has 3 heterocycles. The van der Waals surface area contributed by atoms with Crippen molar-refractivity contribution in [1.82, 2.24) is 14.5 Å². The maximum absolute atomic E-state index is 12.7. The molecule has 8 heteroatoms. The van der Waals surface area contributed by atoms with Crippen molar-refractivity contribution in [3.63, 3.8) is 0 Å². The van der Waals surface area contributed by atoms with E-state index in [0.717, 1.165) is 32.3 Å². The molecule has 0 radical (unpaired) electrons. The van der Waals surface area contributed by atoms with Crippen LogP contribution in [0.4, 0.5) is 0 Å². The van der Waals surface area contributed by atoms with Gasteiger partial charge in [0.2, 0.25) is 5.78 Å². The molecule has 0 bridgehead atoms. The molecule has 0 aliphatic heterocycles. The van der Waals surface area contributed by atoms with Crippen LogP contribution >= 0.6 is 23.1 Å². The number of thiophene rings is 1. The average Bonchev–Trinajstić information content (AvgIpc) is 3.35. The van der Waals surface area contributed by atoms with Gasteiger partial charge in [0.25, 0.3) is 0 Å². The minimum absolute atomic E-state index is 0.0816. The number of thioether (sulfide) groups is 1. The lowest BCUT2D eigenvalue weighted by molar-refractivity contribution is -0.139. The van der Waals surface area contributed by atoms with Gasteiger partial charge in [-0.25, -0.2) is 9.97 Å². The van der Waals surface area contributed by atoms with Crippen molar-refractivity contribution in [3.05, 3.63) is 71.1 Å². The first kappa shape index (κ1) is 20.3. The summed E-state index contributed by atoms with van der Waals surface area (Å²) in [7, 11) is 0. The first-order valence-corrected chi connectivity index (χ1v) is 11.2. The van der Waals surface area contributed by atoms with E-state index in [2.05, 4.69) is 9.97 Å². The van der Waals surface area contributed by atoms with Crippen molar-refractivity contribution < 1.29 is 14.3 Å². The Labute approximate surface area is 181 Å². The lowest BCUT2D eigenvalue weighted by Gasteiger charge is -2.09. The first-order chi connectivity index (χ1) is 14.5. The lowest BCUT2D eigenvalue weighted by atomic mass is 10.1. The number of hydrogen-bond donors (Lipinski definition) is 0. The quantitative estimate of drug-likeness (QED) is 0.182. The Bertz CT molecular complexity index is 1220. The largest absolute Gasteiger partial charge is 0.457 e. The van der Waals surface area contributed by atoms with Gasteiger partial charge in [0.15, 0.2) is 6.61 Å². The number of Topliss-reactive ketones (excluding diaryl/α,β-unsaturated/α-hetero) is 1. The number of ketones is 1. The van der Waals surface area contributed by atoms with Crippen molar-refractivity contribution in [2.75, 3.05) is 12.4 Å². The van der Waals surface area contributed by atoms with Gasteiger partial charge in [-0.05, 0) is 43.5 Å². The molecule has 6 nitrogen and oxygen atoms in total. The number of esters is 1. The predicted molar refractivity (Wildman–Crippen MR) is 119 cm³/mol. The molecule has 4 rings (SSSR count). The van der Waals surface area contributed by atoms with Gasteiger partial charge in [0.05, 0.1) is 5.75 Å². The third-order valence-electron chi connectivity index (χ3n) is 4.66. The molecule has 0 saturated carbocycles. The summed E-state index contributed by atoms with van der Waals surface area (Å²) in [6, 6.07) is 13.6. The monoisotopic (exact) mass is 437 g/mol. The number of carbonyl (C=O) groups is 2. The van der Waals surface area contributed by atoms with E-state index < -0.39 is 5.97 Å². The molecule has 0 saturated heterocycles. The van der Waals surface area contributed by atoms with Crippen LogP contribution in [0.1, 0.15) is 21.7 Å². The van der Waals surface area contributed by atoms with Gasteiger partial charge in [0, 0.05) is 28.0 Å². The highest BCUT2D eigenvalue weighted by Gasteiger charge is 2.18. The zero-order valence-electron chi connectivity index (χ0n) is 16.5. The summed E-state index contributed by atoms with van der Waals surface area (Å²) >= 11 is 2.81. The van der Waals surface area contributed by atoms with E-state index in [1.54, 1.807) is 0 Å². The molecule has 1 aromatic carbocycles. The third-order valence-corrected chi connectivity index (χ3v) is 6.46. The smallest absolute Gasteiger partial charge is 0.316 e. The summed E-state index contributed by atoms with van der Waals surface area (Å²) in [5, 5.41) is 3.59. The molecule has 0 aliphatic carbocycles. The number of benzene rings is 1. The van der Waals surface area contributed by atoms with E-state index in [9.17, 15) is 9.59 Å². The van der Waals surface area contributed by atoms with Crippen LogP contribution in [0.3, 0.4) is 0 Å². The van der Waals surface area contributed by atoms with E-state index in [1.807, 2.05) is 66.3 Å². The summed E-state index contributed by atoms with van der Waals surface area (Å²) in [6.45, 7) is 3.56. The van der Waals surface area contributed by atoms with E-state index in [0.29, 0.717) is 5.56 Å². The Morgan fingerprint density at radius 1 is 1.13 bits per heavy atom. The molecule has 0 aliphatic rings. The average molecular weight is 438 g/mol. The fraction of sp³-hybridized carbons (Fsp3) is 0.182. The number of fused-ring (bicyclic) bond motifs is 1. The van der Waals surface area contributed by atoms with E-state index >= 15 is 0 Å². The Morgan fingerprint density at radius 3 is 2.73 bits per heavy atom. The number of ether oxygens (including phenoxy) is 1. The Morgan fingerprint density at radius 2 is 1.93 bits per heavy atom. The predicted octanol–water partition coefficient (Wildman–Crippen LogP) is 4.62. The maximum atomic E-state index is 12.7. The zero-order valence-corrected chi connectivity index (χ0v) is 18.1. The summed E-state index contributed by atoms with van der Waals surface area (Å²) in [5.41, 5.74) is 3.33. The van der Waals surface area contributed by atoms with Crippen molar-refractivity contribution in [1.29, 1.82) is 0 Å². The molecular formula is C22H19N3O3S2. The standard InChI is InChI=1S/C22H19N3O3S2/c1-14-10-18(15(2)25(14)16-6-4-3-5-7-16)19(26)11-28-20(27)12-30-22-17-8-9-29-21(17)23-13-24-22/h3-10,13H,11-12H2,1-2H3. The summed E-state index contributed by atoms with van der Waals surface area (Å²) in [5.74, 6) is -0.587. The molecule has 0 spiro atoms. The number of rotatable bonds is 7. The number of aryl methyl sites for hydroxylation is 1. The molecule has 0 atom stereocenters. The Kier molecular flexibility index (Phi) is 5.96. The second-order valence-corrected chi connectivity index (χ2v) is 8.51. The van der Waals surface area contributed by atoms with Crippen molar-refractivity contribution in [3.8, 4) is 5.69 Å². The van der Waals surface area contributed by atoms with Gasteiger partial charge in [-0.2, -0.15) is 0 Å². The fourth-order valence-corrected chi connectivity index (χ4v) is 4.87. The second kappa shape index (κ2) is 8.81. The van der Waals surface area contributed by atoms with Crippen LogP contribution in [-0.4, -0.2) is 38.6 Å². The number of carbonyl (C=O) groups excluding carboxylic acids is 2. The summed E-state index contributed by atoms with van der Waals surface area (Å²) in [6.07, 6.45) is 1.48. The SMILES string of the molecule is Cc1cc(C(=O)COC(=O)CSc2ncnc3sccc23)c(C)n1-c1ccccc1. The van der Waals surface area contributed by atoms with Gasteiger partial charge in [-0.15, -0.1) is 11.3 Å². The topological polar surface area (TPSA) is 74.1 Å². The lowest BCUT2D eigenvalue weighted by Crippen LogP contribution is -2.16. The van der Waals surface area contributed by atoms with Crippen LogP contribution < -0.4 is 0 Å². The number of para-hydroxylation sites is 1. The molecule has 0 fully saturated rings. The molecule has 30 heavy (non-hydrogen) atoms. The molecule has 0 N–H and O–H groups in total. The highest BCUT2D eigenvalue weighted by molar-refractivity contribution is 8.00. The van der Waals surface area contributed by atoms with Gasteiger partial charge < -0.3 is 9.30 Å². The highest BCUT2D eigenvalue weighted by atomic mass is 32.2. The number of nitrogens with zero attached hydrogens (tertiary/aromatic N) is 3. The van der Waals surface area contributed by atoms with E-state index in [-0.39, 0.29) is 18.1 Å². The van der Waals surface area contributed by atoms with Gasteiger partial charge in [0.1, 0.15) is 16.2 Å². The maximum Gasteiger partial charge on any atom is 0.316 e. The molecule has 3 aromatic heterocycles. The Balaban J connectivity index is 1.38. The minimum atomic E-state index is -0.452. The number of hydrogen-bond acceptors (Lipinski definition) is 7. The third kappa shape index (κ3) is 4.15. The normalized spacial score (nSPS) is 11.0. The van der Waals surface area contributed by atoms with Gasteiger partial charge in [-0.3, -0.25) is 9.59 Å². The minimum Gasteiger partial charge on any atom is -0.457 e. The second-order valence-electron chi connectivity index (χ2n) is 6.65. The van der Waals surface area contributed by atoms with Crippen molar-refractivity contribution in [2.45, 2.75) is 18.9 Å². The molecular weight excluding hydrogens is 418 g/mol. The van der Waals surface area contributed by atoms with Crippen LogP contribution in [0.2, 0.25) is 0 Å². The van der Waals surface area contributed by atoms with Crippen LogP contribution in [0.25, 0.3) is 15.9 Å². The van der Waals surface area contributed by atoms with Crippen LogP contribution in [0.15, 0.2) is 59.2 Å². The van der Waals surface area contributed by atoms with E-state index in [1.165, 1.54) is 29.4 Å². The van der Waals surface area contributed by atoms with Gasteiger partial charge >= 0.3 is 5.97 Å². The fourth-order valence-electron chi connectivity index (χ4n) is 3.29. The summed E-state index contributed by atoms with van der Waals surface area (Å²) < 4.78 is 7.24. The van der Waals surface area contributed by atoms with Crippen LogP contribution in [-0.2, 0) is 9.53 Å². The molecule has 152 valence electrons. The highest BCUT2D eigenvalue weighted by Crippen LogP contribution is 2.27. The first-order valence-electron chi connectivity index (χ1n) is 9.29. The van der Waals surface area contributed by atoms with E-state index in [4.69, 9.17) is 4.74 Å². The molecule has 4 aromatic rings. The van der Waals surface area contributed by atoms with Crippen LogP contribution in [0.5, 0.6) is 0 Å². The Hall–Kier alpha value is -2.97. The van der Waals surface area contributed by atoms with Crippen molar-refractivity contribution >= 4 is 45.1 Å². The molecule has 0 amide bonds. The zero-order chi connectivity index (χ0) is 21.1. The van der Waals surface area contributed by atoms with Crippen molar-refractivity contribution in [2.24, 2.45) is 0 Å². The molecule has 0 unspecified atom stereocenters. The number of aromatic nitrogens is 3. The van der Waals surface area contributed by atoms with Gasteiger partial charge in [-0.1, -0.05) is 30.0 Å². The summed E-state index contributed by atoms with van der Waals surface area (Å²) in [4.78, 5) is 34.1.